The Morgan fingerprint density at radius 3 is 2.57 bits per heavy atom. The molecule has 30 heavy (non-hydrogen) atoms. The van der Waals surface area contributed by atoms with E-state index in [1.807, 2.05) is 45.0 Å². The molecule has 0 aliphatic carbocycles. The van der Waals surface area contributed by atoms with Gasteiger partial charge >= 0.3 is 0 Å². The van der Waals surface area contributed by atoms with E-state index in [0.717, 1.165) is 22.0 Å². The summed E-state index contributed by atoms with van der Waals surface area (Å²) in [5.41, 5.74) is 1.79. The van der Waals surface area contributed by atoms with E-state index in [1.165, 1.54) is 0 Å². The summed E-state index contributed by atoms with van der Waals surface area (Å²) in [6, 6.07) is 12.3. The molecule has 2 rings (SSSR count). The van der Waals surface area contributed by atoms with E-state index in [2.05, 4.69) is 21.2 Å². The van der Waals surface area contributed by atoms with Crippen molar-refractivity contribution in [3.05, 3.63) is 63.1 Å². The molecule has 162 valence electrons. The van der Waals surface area contributed by atoms with E-state index in [0.29, 0.717) is 17.3 Å². The molecule has 1 N–H and O–H groups in total. The number of amides is 2. The summed E-state index contributed by atoms with van der Waals surface area (Å²) in [7, 11) is 0. The van der Waals surface area contributed by atoms with Gasteiger partial charge < -0.3 is 15.0 Å². The summed E-state index contributed by atoms with van der Waals surface area (Å²) in [4.78, 5) is 27.3. The third-order valence-corrected chi connectivity index (χ3v) is 5.82. The van der Waals surface area contributed by atoms with Crippen molar-refractivity contribution in [2.45, 2.75) is 52.7 Å². The average molecular weight is 496 g/mol. The van der Waals surface area contributed by atoms with Crippen LogP contribution in [0.1, 0.15) is 38.3 Å². The number of carbonyl (C=O) groups excluding carboxylic acids is 2. The summed E-state index contributed by atoms with van der Waals surface area (Å²) in [5.74, 6) is 0.105. The number of ether oxygens (including phenoxy) is 1. The van der Waals surface area contributed by atoms with Crippen LogP contribution in [0.4, 0.5) is 0 Å². The zero-order valence-corrected chi connectivity index (χ0v) is 20.1. The van der Waals surface area contributed by atoms with Crippen molar-refractivity contribution in [3.63, 3.8) is 0 Å². The number of rotatable bonds is 9. The molecule has 0 aliphatic rings. The maximum absolute atomic E-state index is 13.0. The summed E-state index contributed by atoms with van der Waals surface area (Å²) < 4.78 is 6.60. The predicted octanol–water partition coefficient (Wildman–Crippen LogP) is 5.12. The molecule has 2 unspecified atom stereocenters. The quantitative estimate of drug-likeness (QED) is 0.525. The van der Waals surface area contributed by atoms with Crippen molar-refractivity contribution < 1.29 is 14.3 Å². The van der Waals surface area contributed by atoms with E-state index in [-0.39, 0.29) is 24.5 Å². The molecule has 0 aromatic heterocycles. The van der Waals surface area contributed by atoms with Gasteiger partial charge in [-0.2, -0.15) is 0 Å². The van der Waals surface area contributed by atoms with Crippen LogP contribution in [0, 0.1) is 6.92 Å². The Hall–Kier alpha value is -2.05. The van der Waals surface area contributed by atoms with Crippen LogP contribution in [0.25, 0.3) is 0 Å². The predicted molar refractivity (Wildman–Crippen MR) is 124 cm³/mol. The molecule has 2 atom stereocenters. The van der Waals surface area contributed by atoms with Crippen LogP contribution in [0.5, 0.6) is 5.75 Å². The highest BCUT2D eigenvalue weighted by molar-refractivity contribution is 9.10. The fourth-order valence-electron chi connectivity index (χ4n) is 2.82. The minimum Gasteiger partial charge on any atom is -0.484 e. The molecule has 0 saturated heterocycles. The van der Waals surface area contributed by atoms with Crippen molar-refractivity contribution in [2.24, 2.45) is 0 Å². The first-order valence-electron chi connectivity index (χ1n) is 9.94. The van der Waals surface area contributed by atoms with E-state index in [1.54, 1.807) is 30.0 Å². The minimum atomic E-state index is -0.638. The second-order valence-corrected chi connectivity index (χ2v) is 8.67. The molecule has 0 radical (unpaired) electrons. The normalized spacial score (nSPS) is 12.7. The van der Waals surface area contributed by atoms with Crippen molar-refractivity contribution in [1.29, 1.82) is 0 Å². The second kappa shape index (κ2) is 11.4. The lowest BCUT2D eigenvalue weighted by atomic mass is 10.1. The maximum atomic E-state index is 13.0. The smallest absolute Gasteiger partial charge is 0.261 e. The molecular formula is C23H28BrClN2O3. The van der Waals surface area contributed by atoms with Gasteiger partial charge in [-0.1, -0.05) is 46.6 Å². The minimum absolute atomic E-state index is 0.0380. The molecule has 2 amide bonds. The lowest BCUT2D eigenvalue weighted by Gasteiger charge is -2.29. The van der Waals surface area contributed by atoms with E-state index in [9.17, 15) is 9.59 Å². The van der Waals surface area contributed by atoms with Gasteiger partial charge in [-0.15, -0.1) is 0 Å². The van der Waals surface area contributed by atoms with Crippen LogP contribution in [-0.4, -0.2) is 35.4 Å². The number of benzene rings is 2. The summed E-state index contributed by atoms with van der Waals surface area (Å²) in [6.45, 7) is 7.68. The number of nitrogens with zero attached hydrogens (tertiary/aromatic N) is 1. The van der Waals surface area contributed by atoms with Gasteiger partial charge in [0, 0.05) is 22.1 Å². The molecular weight excluding hydrogens is 468 g/mol. The monoisotopic (exact) mass is 494 g/mol. The summed E-state index contributed by atoms with van der Waals surface area (Å²) >= 11 is 9.50. The van der Waals surface area contributed by atoms with Gasteiger partial charge in [-0.05, 0) is 68.7 Å². The largest absolute Gasteiger partial charge is 0.484 e. The van der Waals surface area contributed by atoms with Gasteiger partial charge in [0.15, 0.2) is 6.61 Å². The zero-order valence-electron chi connectivity index (χ0n) is 17.7. The number of carbonyl (C=O) groups is 2. The third-order valence-electron chi connectivity index (χ3n) is 4.90. The fourth-order valence-corrected chi connectivity index (χ4v) is 3.38. The molecule has 0 bridgehead atoms. The van der Waals surface area contributed by atoms with Crippen LogP contribution in [0.3, 0.4) is 0 Å². The Morgan fingerprint density at radius 2 is 1.93 bits per heavy atom. The molecule has 0 saturated carbocycles. The Bertz CT molecular complexity index is 891. The van der Waals surface area contributed by atoms with Crippen molar-refractivity contribution in [2.75, 3.05) is 6.61 Å². The van der Waals surface area contributed by atoms with Crippen LogP contribution >= 0.6 is 27.5 Å². The lowest BCUT2D eigenvalue weighted by molar-refractivity contribution is -0.142. The Labute approximate surface area is 191 Å². The van der Waals surface area contributed by atoms with Gasteiger partial charge in [-0.25, -0.2) is 0 Å². The molecule has 2 aromatic rings. The van der Waals surface area contributed by atoms with Gasteiger partial charge in [0.05, 0.1) is 0 Å². The number of hydrogen-bond donors (Lipinski definition) is 1. The van der Waals surface area contributed by atoms with Gasteiger partial charge in [0.25, 0.3) is 5.91 Å². The van der Waals surface area contributed by atoms with E-state index >= 15 is 0 Å². The van der Waals surface area contributed by atoms with Crippen molar-refractivity contribution >= 4 is 39.3 Å². The first-order chi connectivity index (χ1) is 14.2. The Balaban J connectivity index is 2.16. The van der Waals surface area contributed by atoms with Crippen molar-refractivity contribution in [1.82, 2.24) is 10.2 Å². The standard InChI is InChI=1S/C23H28BrClN2O3/c1-5-16(3)26-23(29)17(4)27(13-18-7-6-8-19(24)12-18)22(28)14-30-20-9-10-21(25)15(2)11-20/h6-12,16-17H,5,13-14H2,1-4H3,(H,26,29). The number of aryl methyl sites for hydroxylation is 1. The lowest BCUT2D eigenvalue weighted by Crippen LogP contribution is -2.50. The Morgan fingerprint density at radius 1 is 1.20 bits per heavy atom. The van der Waals surface area contributed by atoms with Gasteiger partial charge in [-0.3, -0.25) is 9.59 Å². The molecule has 2 aromatic carbocycles. The summed E-state index contributed by atoms with van der Waals surface area (Å²) in [6.07, 6.45) is 0.817. The number of nitrogens with one attached hydrogen (secondary N) is 1. The van der Waals surface area contributed by atoms with Crippen LogP contribution in [0.2, 0.25) is 5.02 Å². The fraction of sp³-hybridized carbons (Fsp3) is 0.391. The zero-order chi connectivity index (χ0) is 22.3. The average Bonchev–Trinajstić information content (AvgIpc) is 2.72. The Kier molecular flexibility index (Phi) is 9.18. The van der Waals surface area contributed by atoms with E-state index in [4.69, 9.17) is 16.3 Å². The highest BCUT2D eigenvalue weighted by Gasteiger charge is 2.27. The van der Waals surface area contributed by atoms with Crippen LogP contribution in [-0.2, 0) is 16.1 Å². The van der Waals surface area contributed by atoms with Crippen molar-refractivity contribution in [3.8, 4) is 5.75 Å². The highest BCUT2D eigenvalue weighted by atomic mass is 79.9. The molecule has 0 aliphatic heterocycles. The van der Waals surface area contributed by atoms with Gasteiger partial charge in [0.1, 0.15) is 11.8 Å². The SMILES string of the molecule is CCC(C)NC(=O)C(C)N(Cc1cccc(Br)c1)C(=O)COc1ccc(Cl)c(C)c1. The molecule has 7 heteroatoms. The number of halogens is 2. The highest BCUT2D eigenvalue weighted by Crippen LogP contribution is 2.21. The number of hydrogen-bond acceptors (Lipinski definition) is 3. The maximum Gasteiger partial charge on any atom is 0.261 e. The van der Waals surface area contributed by atoms with E-state index < -0.39 is 6.04 Å². The molecule has 5 nitrogen and oxygen atoms in total. The molecule has 0 spiro atoms. The first-order valence-corrected chi connectivity index (χ1v) is 11.1. The molecule has 0 heterocycles. The van der Waals surface area contributed by atoms with Crippen LogP contribution in [0.15, 0.2) is 46.9 Å². The molecule has 0 fully saturated rings. The van der Waals surface area contributed by atoms with Crippen LogP contribution < -0.4 is 10.1 Å². The topological polar surface area (TPSA) is 58.6 Å². The second-order valence-electron chi connectivity index (χ2n) is 7.35. The van der Waals surface area contributed by atoms with Gasteiger partial charge in [0.2, 0.25) is 5.91 Å². The first kappa shape index (κ1) is 24.2. The third kappa shape index (κ3) is 7.03. The summed E-state index contributed by atoms with van der Waals surface area (Å²) in [5, 5.41) is 3.59.